The Balaban J connectivity index is 1.95. The SMILES string of the molecule is COCCOC(=O)C1(N)CN(CCCCCCCCB(O)O)CCN1Cc1ccc(S(C)(=O)=O)cc1. The van der Waals surface area contributed by atoms with Crippen LogP contribution >= 0.6 is 0 Å². The average Bonchev–Trinajstić information content (AvgIpc) is 2.82. The second-order valence-electron chi connectivity index (χ2n) is 9.56. The molecule has 2 rings (SSSR count). The maximum atomic E-state index is 13.1. The smallest absolute Gasteiger partial charge is 0.451 e. The quantitative estimate of drug-likeness (QED) is 0.161. The molecule has 36 heavy (non-hydrogen) atoms. The molecule has 1 unspecified atom stereocenters. The van der Waals surface area contributed by atoms with Crippen LogP contribution in [0, 0.1) is 0 Å². The van der Waals surface area contributed by atoms with Crippen LogP contribution < -0.4 is 5.73 Å². The molecule has 0 bridgehead atoms. The van der Waals surface area contributed by atoms with Crippen LogP contribution in [0.25, 0.3) is 0 Å². The van der Waals surface area contributed by atoms with Crippen molar-refractivity contribution in [2.24, 2.45) is 5.73 Å². The summed E-state index contributed by atoms with van der Waals surface area (Å²) in [5.41, 5.74) is 6.25. The summed E-state index contributed by atoms with van der Waals surface area (Å²) in [5.74, 6) is -0.497. The van der Waals surface area contributed by atoms with Crippen LogP contribution in [0.4, 0.5) is 0 Å². The first-order chi connectivity index (χ1) is 17.1. The number of nitrogens with two attached hydrogens (primary N) is 1. The standard InChI is InChI=1S/C24H42BN3O7S/c1-34-17-18-35-23(29)24(26)20-27(14-8-6-4-3-5-7-13-25(30)31)15-16-28(24)19-21-9-11-22(12-10-21)36(2,32)33/h9-12,30-31H,3-8,13-20,26H2,1-2H3. The zero-order chi connectivity index (χ0) is 26.6. The maximum Gasteiger partial charge on any atom is 0.451 e. The van der Waals surface area contributed by atoms with Crippen molar-refractivity contribution in [3.8, 4) is 0 Å². The molecule has 1 heterocycles. The second-order valence-corrected chi connectivity index (χ2v) is 11.6. The Bertz CT molecular complexity index is 901. The van der Waals surface area contributed by atoms with Gasteiger partial charge in [0.2, 0.25) is 0 Å². The van der Waals surface area contributed by atoms with Crippen molar-refractivity contribution in [2.45, 2.75) is 61.9 Å². The number of ether oxygens (including phenoxy) is 2. The minimum atomic E-state index is -3.28. The number of rotatable bonds is 16. The fourth-order valence-corrected chi connectivity index (χ4v) is 4.99. The van der Waals surface area contributed by atoms with Crippen molar-refractivity contribution in [2.75, 3.05) is 52.8 Å². The molecule has 0 aromatic heterocycles. The van der Waals surface area contributed by atoms with Gasteiger partial charge in [-0.3, -0.25) is 9.80 Å². The largest absolute Gasteiger partial charge is 0.461 e. The third-order valence-corrected chi connectivity index (χ3v) is 7.63. The van der Waals surface area contributed by atoms with Gasteiger partial charge in [-0.05, 0) is 37.0 Å². The Morgan fingerprint density at radius 2 is 1.69 bits per heavy atom. The highest BCUT2D eigenvalue weighted by molar-refractivity contribution is 7.90. The van der Waals surface area contributed by atoms with Crippen LogP contribution in [0.15, 0.2) is 29.2 Å². The molecule has 204 valence electrons. The molecule has 0 radical (unpaired) electrons. The number of carbonyl (C=O) groups excluding carboxylic acids is 1. The molecule has 1 aromatic rings. The summed E-state index contributed by atoms with van der Waals surface area (Å²) in [6, 6.07) is 6.64. The van der Waals surface area contributed by atoms with Crippen molar-refractivity contribution in [1.82, 2.24) is 9.80 Å². The lowest BCUT2D eigenvalue weighted by Crippen LogP contribution is -2.71. The summed E-state index contributed by atoms with van der Waals surface area (Å²) >= 11 is 0. The number of piperazine rings is 1. The zero-order valence-corrected chi connectivity index (χ0v) is 22.4. The summed E-state index contributed by atoms with van der Waals surface area (Å²) in [6.45, 7) is 3.32. The Morgan fingerprint density at radius 1 is 1.06 bits per heavy atom. The molecule has 4 N–H and O–H groups in total. The highest BCUT2D eigenvalue weighted by Crippen LogP contribution is 2.23. The van der Waals surface area contributed by atoms with Crippen LogP contribution in [-0.2, 0) is 30.7 Å². The van der Waals surface area contributed by atoms with E-state index in [9.17, 15) is 13.2 Å². The van der Waals surface area contributed by atoms with Gasteiger partial charge < -0.3 is 25.3 Å². The fraction of sp³-hybridized carbons (Fsp3) is 0.708. The highest BCUT2D eigenvalue weighted by Gasteiger charge is 2.46. The molecule has 1 fully saturated rings. The molecule has 1 aromatic carbocycles. The van der Waals surface area contributed by atoms with Gasteiger partial charge in [-0.15, -0.1) is 0 Å². The van der Waals surface area contributed by atoms with E-state index in [1.165, 1.54) is 13.4 Å². The van der Waals surface area contributed by atoms with Gasteiger partial charge in [0.1, 0.15) is 6.61 Å². The summed E-state index contributed by atoms with van der Waals surface area (Å²) < 4.78 is 33.9. The van der Waals surface area contributed by atoms with Crippen LogP contribution in [-0.4, -0.2) is 99.8 Å². The third-order valence-electron chi connectivity index (χ3n) is 6.50. The van der Waals surface area contributed by atoms with Gasteiger partial charge in [0.25, 0.3) is 0 Å². The topological polar surface area (TPSA) is 143 Å². The first kappa shape index (κ1) is 30.7. The number of esters is 1. The van der Waals surface area contributed by atoms with E-state index >= 15 is 0 Å². The van der Waals surface area contributed by atoms with Crippen molar-refractivity contribution in [3.63, 3.8) is 0 Å². The molecule has 1 atom stereocenters. The number of hydrogen-bond acceptors (Lipinski definition) is 10. The number of sulfone groups is 1. The minimum Gasteiger partial charge on any atom is -0.461 e. The average molecular weight is 527 g/mol. The van der Waals surface area contributed by atoms with E-state index in [-0.39, 0.29) is 18.1 Å². The van der Waals surface area contributed by atoms with E-state index in [1.807, 2.05) is 4.90 Å². The number of methoxy groups -OCH3 is 1. The third kappa shape index (κ3) is 10.1. The van der Waals surface area contributed by atoms with Gasteiger partial charge in [-0.1, -0.05) is 44.2 Å². The number of nitrogens with zero attached hydrogens (tertiary/aromatic N) is 2. The summed E-state index contributed by atoms with van der Waals surface area (Å²) in [6.07, 6.45) is 7.59. The molecule has 10 nitrogen and oxygen atoms in total. The first-order valence-electron chi connectivity index (χ1n) is 12.6. The molecule has 1 aliphatic heterocycles. The Kier molecular flexibility index (Phi) is 12.8. The minimum absolute atomic E-state index is 0.124. The molecule has 12 heteroatoms. The van der Waals surface area contributed by atoms with E-state index in [0.29, 0.717) is 26.0 Å². The van der Waals surface area contributed by atoms with E-state index in [4.69, 9.17) is 25.3 Å². The molecular weight excluding hydrogens is 485 g/mol. The second kappa shape index (κ2) is 15.0. The molecular formula is C24H42BN3O7S. The lowest BCUT2D eigenvalue weighted by molar-refractivity contribution is -0.165. The molecule has 1 aliphatic rings. The monoisotopic (exact) mass is 527 g/mol. The van der Waals surface area contributed by atoms with Gasteiger partial charge >= 0.3 is 13.1 Å². The van der Waals surface area contributed by atoms with Gasteiger partial charge in [0.15, 0.2) is 15.5 Å². The molecule has 0 saturated carbocycles. The summed E-state index contributed by atoms with van der Waals surface area (Å²) in [4.78, 5) is 17.4. The summed E-state index contributed by atoms with van der Waals surface area (Å²) in [5, 5.41) is 17.8. The van der Waals surface area contributed by atoms with Crippen molar-refractivity contribution >= 4 is 22.9 Å². The normalized spacial score (nSPS) is 19.4. The van der Waals surface area contributed by atoms with Gasteiger partial charge in [-0.25, -0.2) is 13.2 Å². The van der Waals surface area contributed by atoms with Crippen LogP contribution in [0.5, 0.6) is 0 Å². The summed E-state index contributed by atoms with van der Waals surface area (Å²) in [7, 11) is -2.96. The van der Waals surface area contributed by atoms with E-state index in [1.54, 1.807) is 24.3 Å². The van der Waals surface area contributed by atoms with Crippen molar-refractivity contribution in [3.05, 3.63) is 29.8 Å². The maximum absolute atomic E-state index is 13.1. The molecule has 0 aliphatic carbocycles. The Labute approximate surface area is 215 Å². The van der Waals surface area contributed by atoms with Gasteiger partial charge in [0.05, 0.1) is 11.5 Å². The number of benzene rings is 1. The Morgan fingerprint density at radius 3 is 2.31 bits per heavy atom. The van der Waals surface area contributed by atoms with Crippen LogP contribution in [0.1, 0.15) is 44.1 Å². The van der Waals surface area contributed by atoms with Crippen molar-refractivity contribution < 1.29 is 32.7 Å². The molecule has 0 spiro atoms. The van der Waals surface area contributed by atoms with E-state index in [0.717, 1.165) is 57.2 Å². The first-order valence-corrected chi connectivity index (χ1v) is 14.5. The zero-order valence-electron chi connectivity index (χ0n) is 21.6. The predicted molar refractivity (Wildman–Crippen MR) is 139 cm³/mol. The van der Waals surface area contributed by atoms with Crippen molar-refractivity contribution in [1.29, 1.82) is 0 Å². The molecule has 1 saturated heterocycles. The number of unbranched alkanes of at least 4 members (excludes halogenated alkanes) is 5. The van der Waals surface area contributed by atoms with E-state index < -0.39 is 28.6 Å². The van der Waals surface area contributed by atoms with E-state index in [2.05, 4.69) is 4.90 Å². The highest BCUT2D eigenvalue weighted by atomic mass is 32.2. The number of carbonyl (C=O) groups is 1. The molecule has 0 amide bonds. The van der Waals surface area contributed by atoms with Gasteiger partial charge in [-0.2, -0.15) is 0 Å². The Hall–Kier alpha value is -1.54. The number of hydrogen-bond donors (Lipinski definition) is 3. The van der Waals surface area contributed by atoms with Gasteiger partial charge in [0, 0.05) is 39.5 Å². The fourth-order valence-electron chi connectivity index (χ4n) is 4.36. The van der Waals surface area contributed by atoms with Crippen LogP contribution in [0.2, 0.25) is 6.32 Å². The lowest BCUT2D eigenvalue weighted by atomic mass is 9.83. The lowest BCUT2D eigenvalue weighted by Gasteiger charge is -2.46. The predicted octanol–water partition coefficient (Wildman–Crippen LogP) is 0.866. The van der Waals surface area contributed by atoms with Crippen LogP contribution in [0.3, 0.4) is 0 Å².